The Kier molecular flexibility index (Phi) is 4.29. The molecule has 6 nitrogen and oxygen atoms in total. The molecule has 1 unspecified atom stereocenters. The van der Waals surface area contributed by atoms with E-state index in [0.29, 0.717) is 12.4 Å². The Bertz CT molecular complexity index is 648. The molecule has 2 N–H and O–H groups in total. The summed E-state index contributed by atoms with van der Waals surface area (Å²) in [7, 11) is 0. The Balaban J connectivity index is 1.65. The van der Waals surface area contributed by atoms with E-state index in [0.717, 1.165) is 24.2 Å². The molecule has 114 valence electrons. The second-order valence-electron chi connectivity index (χ2n) is 5.34. The molecule has 3 rings (SSSR count). The minimum atomic E-state index is -0.311. The first-order valence-corrected chi connectivity index (χ1v) is 7.25. The van der Waals surface area contributed by atoms with Crippen LogP contribution in [0.1, 0.15) is 6.42 Å². The van der Waals surface area contributed by atoms with Crippen molar-refractivity contribution in [3.05, 3.63) is 42.7 Å². The highest BCUT2D eigenvalue weighted by Gasteiger charge is 2.25. The van der Waals surface area contributed by atoms with Gasteiger partial charge in [0, 0.05) is 24.7 Å². The second-order valence-corrected chi connectivity index (χ2v) is 5.34. The van der Waals surface area contributed by atoms with Crippen molar-refractivity contribution in [2.75, 3.05) is 19.6 Å². The van der Waals surface area contributed by atoms with Crippen molar-refractivity contribution >= 4 is 5.91 Å². The molecule has 1 amide bonds. The molecule has 1 saturated heterocycles. The third kappa shape index (κ3) is 3.59. The zero-order chi connectivity index (χ0) is 15.4. The summed E-state index contributed by atoms with van der Waals surface area (Å²) in [5.74, 6) is 0.244. The number of nitrogens with two attached hydrogens (primary N) is 1. The van der Waals surface area contributed by atoms with Crippen LogP contribution in [0, 0.1) is 0 Å². The van der Waals surface area contributed by atoms with E-state index in [2.05, 4.69) is 9.97 Å². The van der Waals surface area contributed by atoms with Crippen molar-refractivity contribution in [2.45, 2.75) is 12.5 Å². The van der Waals surface area contributed by atoms with Crippen LogP contribution in [0.4, 0.5) is 0 Å². The van der Waals surface area contributed by atoms with Crippen LogP contribution in [0.2, 0.25) is 0 Å². The van der Waals surface area contributed by atoms with E-state index in [9.17, 15) is 4.79 Å². The maximum Gasteiger partial charge on any atom is 0.231 e. The summed E-state index contributed by atoms with van der Waals surface area (Å²) in [6, 6.07) is 11.7. The van der Waals surface area contributed by atoms with Crippen molar-refractivity contribution in [3.8, 4) is 17.1 Å². The average molecular weight is 298 g/mol. The third-order valence-electron chi connectivity index (χ3n) is 3.61. The van der Waals surface area contributed by atoms with E-state index in [1.165, 1.54) is 6.33 Å². The second kappa shape index (κ2) is 6.53. The minimum Gasteiger partial charge on any atom is -0.473 e. The molecule has 0 spiro atoms. The molecule has 0 bridgehead atoms. The fourth-order valence-electron chi connectivity index (χ4n) is 2.60. The number of carbonyl (C=O) groups is 1. The highest BCUT2D eigenvalue weighted by atomic mass is 16.5. The molecule has 22 heavy (non-hydrogen) atoms. The van der Waals surface area contributed by atoms with Crippen molar-refractivity contribution < 1.29 is 9.53 Å². The first kappa shape index (κ1) is 14.5. The van der Waals surface area contributed by atoms with Crippen LogP contribution in [0.15, 0.2) is 42.7 Å². The zero-order valence-electron chi connectivity index (χ0n) is 12.2. The summed E-state index contributed by atoms with van der Waals surface area (Å²) < 4.78 is 5.90. The van der Waals surface area contributed by atoms with Gasteiger partial charge in [-0.3, -0.25) is 9.69 Å². The van der Waals surface area contributed by atoms with Gasteiger partial charge in [0.15, 0.2) is 0 Å². The lowest BCUT2D eigenvalue weighted by Gasteiger charge is -2.15. The number of carbonyl (C=O) groups excluding carboxylic acids is 1. The Hall–Kier alpha value is -2.47. The molecule has 0 saturated carbocycles. The van der Waals surface area contributed by atoms with Gasteiger partial charge in [0.05, 0.1) is 12.2 Å². The zero-order valence-corrected chi connectivity index (χ0v) is 12.2. The van der Waals surface area contributed by atoms with Gasteiger partial charge in [-0.1, -0.05) is 30.3 Å². The van der Waals surface area contributed by atoms with Crippen LogP contribution in [0.5, 0.6) is 5.88 Å². The van der Waals surface area contributed by atoms with Gasteiger partial charge in [0.1, 0.15) is 12.4 Å². The monoisotopic (exact) mass is 298 g/mol. The number of primary amides is 1. The lowest BCUT2D eigenvalue weighted by Crippen LogP contribution is -2.33. The predicted octanol–water partition coefficient (Wildman–Crippen LogP) is 1.08. The van der Waals surface area contributed by atoms with E-state index >= 15 is 0 Å². The fraction of sp³-hybridized carbons (Fsp3) is 0.312. The average Bonchev–Trinajstić information content (AvgIpc) is 2.94. The van der Waals surface area contributed by atoms with Gasteiger partial charge in [-0.15, -0.1) is 0 Å². The molecule has 1 aromatic heterocycles. The van der Waals surface area contributed by atoms with Gasteiger partial charge in [0.25, 0.3) is 0 Å². The first-order valence-electron chi connectivity index (χ1n) is 7.25. The van der Waals surface area contributed by atoms with E-state index in [-0.39, 0.29) is 18.6 Å². The molecular weight excluding hydrogens is 280 g/mol. The van der Waals surface area contributed by atoms with Crippen molar-refractivity contribution in [1.29, 1.82) is 0 Å². The standard InChI is InChI=1S/C16H18N4O2/c17-15(21)10-20-7-6-13(9-20)22-16-8-14(18-11-19-16)12-4-2-1-3-5-12/h1-5,8,11,13H,6-7,9-10H2,(H2,17,21). The molecule has 0 aliphatic carbocycles. The number of benzene rings is 1. The van der Waals surface area contributed by atoms with E-state index in [1.807, 2.05) is 41.3 Å². The first-order chi connectivity index (χ1) is 10.7. The molecule has 2 aromatic rings. The molecule has 1 aromatic carbocycles. The summed E-state index contributed by atoms with van der Waals surface area (Å²) in [5.41, 5.74) is 7.07. The fourth-order valence-corrected chi connectivity index (χ4v) is 2.60. The Morgan fingerprint density at radius 2 is 2.14 bits per heavy atom. The topological polar surface area (TPSA) is 81.3 Å². The van der Waals surface area contributed by atoms with Crippen molar-refractivity contribution in [2.24, 2.45) is 5.73 Å². The number of ether oxygens (including phenoxy) is 1. The number of rotatable bonds is 5. The highest BCUT2D eigenvalue weighted by Crippen LogP contribution is 2.21. The van der Waals surface area contributed by atoms with Crippen LogP contribution in [-0.2, 0) is 4.79 Å². The molecule has 2 heterocycles. The molecule has 1 aliphatic rings. The van der Waals surface area contributed by atoms with Crippen LogP contribution in [0.25, 0.3) is 11.3 Å². The molecule has 6 heteroatoms. The summed E-state index contributed by atoms with van der Waals surface area (Å²) in [6.45, 7) is 1.77. The van der Waals surface area contributed by atoms with E-state index in [1.54, 1.807) is 0 Å². The van der Waals surface area contributed by atoms with Crippen LogP contribution >= 0.6 is 0 Å². The van der Waals surface area contributed by atoms with Crippen LogP contribution in [-0.4, -0.2) is 46.5 Å². The summed E-state index contributed by atoms with van der Waals surface area (Å²) >= 11 is 0. The minimum absolute atomic E-state index is 0.0258. The Labute approximate surface area is 128 Å². The Morgan fingerprint density at radius 1 is 1.32 bits per heavy atom. The largest absolute Gasteiger partial charge is 0.473 e. The van der Waals surface area contributed by atoms with Crippen LogP contribution < -0.4 is 10.5 Å². The maximum absolute atomic E-state index is 10.9. The molecule has 0 radical (unpaired) electrons. The smallest absolute Gasteiger partial charge is 0.231 e. The SMILES string of the molecule is NC(=O)CN1CCC(Oc2cc(-c3ccccc3)ncn2)C1. The summed E-state index contributed by atoms with van der Waals surface area (Å²) in [4.78, 5) is 21.4. The number of aromatic nitrogens is 2. The Morgan fingerprint density at radius 3 is 2.91 bits per heavy atom. The van der Waals surface area contributed by atoms with Gasteiger partial charge < -0.3 is 10.5 Å². The van der Waals surface area contributed by atoms with Gasteiger partial charge >= 0.3 is 0 Å². The van der Waals surface area contributed by atoms with E-state index < -0.39 is 0 Å². The lowest BCUT2D eigenvalue weighted by molar-refractivity contribution is -0.118. The quantitative estimate of drug-likeness (QED) is 0.893. The molecule has 1 fully saturated rings. The number of likely N-dealkylation sites (tertiary alicyclic amines) is 1. The number of hydrogen-bond acceptors (Lipinski definition) is 5. The number of nitrogens with zero attached hydrogens (tertiary/aromatic N) is 3. The summed E-state index contributed by atoms with van der Waals surface area (Å²) in [5, 5.41) is 0. The van der Waals surface area contributed by atoms with Crippen molar-refractivity contribution in [1.82, 2.24) is 14.9 Å². The third-order valence-corrected chi connectivity index (χ3v) is 3.61. The number of amides is 1. The van der Waals surface area contributed by atoms with Crippen LogP contribution in [0.3, 0.4) is 0 Å². The predicted molar refractivity (Wildman–Crippen MR) is 82.1 cm³/mol. The van der Waals surface area contributed by atoms with Crippen molar-refractivity contribution in [3.63, 3.8) is 0 Å². The van der Waals surface area contributed by atoms with E-state index in [4.69, 9.17) is 10.5 Å². The van der Waals surface area contributed by atoms with Gasteiger partial charge in [-0.2, -0.15) is 0 Å². The summed E-state index contributed by atoms with van der Waals surface area (Å²) in [6.07, 6.45) is 2.39. The highest BCUT2D eigenvalue weighted by molar-refractivity contribution is 5.75. The van der Waals surface area contributed by atoms with Gasteiger partial charge in [0.2, 0.25) is 11.8 Å². The molecular formula is C16H18N4O2. The number of hydrogen-bond donors (Lipinski definition) is 1. The normalized spacial score (nSPS) is 18.3. The lowest BCUT2D eigenvalue weighted by atomic mass is 10.1. The van der Waals surface area contributed by atoms with Gasteiger partial charge in [-0.25, -0.2) is 9.97 Å². The molecule has 1 aliphatic heterocycles. The molecule has 1 atom stereocenters. The maximum atomic E-state index is 10.9. The van der Waals surface area contributed by atoms with Gasteiger partial charge in [-0.05, 0) is 6.42 Å².